The highest BCUT2D eigenvalue weighted by atomic mass is 35.5. The zero-order valence-corrected chi connectivity index (χ0v) is 13.6. The number of carbonyl (C=O) groups is 2. The number of carbonyl (C=O) groups excluding carboxylic acids is 1. The molecule has 24 heavy (non-hydrogen) atoms. The van der Waals surface area contributed by atoms with E-state index in [9.17, 15) is 23.1 Å². The molecule has 0 aliphatic rings. The average Bonchev–Trinajstić information content (AvgIpc) is 2.93. The van der Waals surface area contributed by atoms with Crippen molar-refractivity contribution in [3.63, 3.8) is 0 Å². The lowest BCUT2D eigenvalue weighted by atomic mass is 10.1. The van der Waals surface area contributed by atoms with Crippen LogP contribution in [0.1, 0.15) is 10.5 Å². The third kappa shape index (κ3) is 3.92. The summed E-state index contributed by atoms with van der Waals surface area (Å²) >= 11 is 5.23. The standard InChI is InChI=1S/C13H13ClN4O5S/c14-16-7-11(19)17-9-3-1-8(2-4-9)10-5-6-18(24(15,22)23)12(10)13(20)21/h1-6,16H,7H2,(H,17,19)(H,20,21)(H2,15,22,23). The minimum atomic E-state index is -4.24. The molecule has 5 N–H and O–H groups in total. The molecule has 2 aromatic rings. The molecule has 1 amide bonds. The Balaban J connectivity index is 2.38. The minimum absolute atomic E-state index is 0.0797. The van der Waals surface area contributed by atoms with Gasteiger partial charge in [-0.3, -0.25) is 4.79 Å². The Morgan fingerprint density at radius 2 is 1.83 bits per heavy atom. The van der Waals surface area contributed by atoms with Crippen LogP contribution in [0.25, 0.3) is 11.1 Å². The second kappa shape index (κ2) is 7.01. The Labute approximate surface area is 142 Å². The second-order valence-corrected chi connectivity index (χ2v) is 6.35. The van der Waals surface area contributed by atoms with Gasteiger partial charge < -0.3 is 10.4 Å². The molecule has 1 aromatic heterocycles. The van der Waals surface area contributed by atoms with Crippen molar-refractivity contribution in [1.29, 1.82) is 0 Å². The summed E-state index contributed by atoms with van der Waals surface area (Å²) in [6.07, 6.45) is 1.07. The first-order valence-corrected chi connectivity index (χ1v) is 8.34. The second-order valence-electron chi connectivity index (χ2n) is 4.66. The summed E-state index contributed by atoms with van der Waals surface area (Å²) in [5.74, 6) is -1.79. The molecular weight excluding hydrogens is 360 g/mol. The molecule has 128 valence electrons. The number of aromatic carboxylic acids is 1. The first-order chi connectivity index (χ1) is 11.2. The fourth-order valence-corrected chi connectivity index (χ4v) is 2.85. The van der Waals surface area contributed by atoms with Crippen LogP contribution in [0.2, 0.25) is 0 Å². The third-order valence-electron chi connectivity index (χ3n) is 3.04. The molecule has 1 aromatic carbocycles. The maximum absolute atomic E-state index is 11.5. The Bertz CT molecular complexity index is 876. The maximum atomic E-state index is 11.5. The Morgan fingerprint density at radius 1 is 1.21 bits per heavy atom. The van der Waals surface area contributed by atoms with Gasteiger partial charge in [-0.25, -0.2) is 18.7 Å². The number of carboxylic acid groups (broad SMARTS) is 1. The number of nitrogens with zero attached hydrogens (tertiary/aromatic N) is 1. The van der Waals surface area contributed by atoms with Gasteiger partial charge in [-0.15, -0.1) is 0 Å². The molecule has 0 bridgehead atoms. The van der Waals surface area contributed by atoms with Crippen LogP contribution in [0, 0.1) is 0 Å². The molecule has 0 saturated heterocycles. The van der Waals surface area contributed by atoms with E-state index in [4.69, 9.17) is 16.9 Å². The molecule has 2 rings (SSSR count). The molecule has 0 aliphatic carbocycles. The molecule has 0 spiro atoms. The van der Waals surface area contributed by atoms with E-state index in [1.165, 1.54) is 6.07 Å². The van der Waals surface area contributed by atoms with Gasteiger partial charge in [0.15, 0.2) is 5.69 Å². The molecule has 0 radical (unpaired) electrons. The summed E-state index contributed by atoms with van der Waals surface area (Å²) < 4.78 is 23.4. The van der Waals surface area contributed by atoms with Crippen molar-refractivity contribution in [2.45, 2.75) is 0 Å². The summed E-state index contributed by atoms with van der Waals surface area (Å²) in [5, 5.41) is 16.8. The topological polar surface area (TPSA) is 144 Å². The van der Waals surface area contributed by atoms with E-state index < -0.39 is 21.9 Å². The summed E-state index contributed by atoms with van der Waals surface area (Å²) in [6.45, 7) is -0.0797. The molecule has 0 saturated carbocycles. The lowest BCUT2D eigenvalue weighted by Crippen LogP contribution is -2.24. The smallest absolute Gasteiger partial charge is 0.354 e. The zero-order valence-electron chi connectivity index (χ0n) is 12.1. The van der Waals surface area contributed by atoms with Crippen LogP contribution >= 0.6 is 11.8 Å². The van der Waals surface area contributed by atoms with Crippen molar-refractivity contribution in [2.75, 3.05) is 11.9 Å². The minimum Gasteiger partial charge on any atom is -0.477 e. The number of hydrogen-bond donors (Lipinski definition) is 4. The average molecular weight is 373 g/mol. The predicted octanol–water partition coefficient (Wildman–Crippen LogP) is 0.587. The van der Waals surface area contributed by atoms with E-state index in [1.54, 1.807) is 24.3 Å². The molecule has 0 fully saturated rings. The molecule has 1 heterocycles. The molecule has 11 heteroatoms. The van der Waals surface area contributed by atoms with Crippen molar-refractivity contribution >= 4 is 39.5 Å². The third-order valence-corrected chi connectivity index (χ3v) is 4.02. The SMILES string of the molecule is NS(=O)(=O)n1ccc(-c2ccc(NC(=O)CNCl)cc2)c1C(=O)O. The van der Waals surface area contributed by atoms with Crippen molar-refractivity contribution in [3.05, 3.63) is 42.2 Å². The number of anilines is 1. The number of nitrogens with one attached hydrogen (secondary N) is 2. The number of carboxylic acids is 1. The lowest BCUT2D eigenvalue weighted by Gasteiger charge is -2.07. The molecule has 0 atom stereocenters. The quantitative estimate of drug-likeness (QED) is 0.546. The van der Waals surface area contributed by atoms with Crippen LogP contribution in [0.15, 0.2) is 36.5 Å². The first kappa shape index (κ1) is 17.9. The zero-order chi connectivity index (χ0) is 17.9. The normalized spacial score (nSPS) is 11.2. The van der Waals surface area contributed by atoms with Gasteiger partial charge in [0.1, 0.15) is 0 Å². The highest BCUT2D eigenvalue weighted by Gasteiger charge is 2.22. The van der Waals surface area contributed by atoms with Crippen molar-refractivity contribution in [1.82, 2.24) is 8.81 Å². The molecule has 9 nitrogen and oxygen atoms in total. The molecule has 0 aliphatic heterocycles. The van der Waals surface area contributed by atoms with Gasteiger partial charge in [0, 0.05) is 17.4 Å². The summed E-state index contributed by atoms with van der Waals surface area (Å²) in [5.41, 5.74) is 0.624. The molecule has 0 unspecified atom stereocenters. The van der Waals surface area contributed by atoms with Crippen LogP contribution < -0.4 is 15.3 Å². The monoisotopic (exact) mass is 372 g/mol. The number of halogens is 1. The lowest BCUT2D eigenvalue weighted by molar-refractivity contribution is -0.115. The van der Waals surface area contributed by atoms with Gasteiger partial charge in [0.05, 0.1) is 6.54 Å². The van der Waals surface area contributed by atoms with Gasteiger partial charge in [-0.1, -0.05) is 12.1 Å². The van der Waals surface area contributed by atoms with Crippen LogP contribution in [0.4, 0.5) is 5.69 Å². The maximum Gasteiger partial charge on any atom is 0.354 e. The van der Waals surface area contributed by atoms with E-state index >= 15 is 0 Å². The number of benzene rings is 1. The summed E-state index contributed by atoms with van der Waals surface area (Å²) in [4.78, 5) is 25.0. The molecular formula is C13H13ClN4O5S. The number of aromatic nitrogens is 1. The Kier molecular flexibility index (Phi) is 5.24. The van der Waals surface area contributed by atoms with E-state index in [0.29, 0.717) is 15.2 Å². The Hall–Kier alpha value is -2.40. The van der Waals surface area contributed by atoms with Crippen LogP contribution in [-0.4, -0.2) is 35.9 Å². The largest absolute Gasteiger partial charge is 0.477 e. The van der Waals surface area contributed by atoms with E-state index in [2.05, 4.69) is 10.2 Å². The van der Waals surface area contributed by atoms with Crippen molar-refractivity contribution in [2.24, 2.45) is 5.14 Å². The van der Waals surface area contributed by atoms with Gasteiger partial charge in [0.2, 0.25) is 5.91 Å². The van der Waals surface area contributed by atoms with Crippen LogP contribution in [0.5, 0.6) is 0 Å². The number of nitrogens with two attached hydrogens (primary N) is 1. The van der Waals surface area contributed by atoms with Crippen LogP contribution in [-0.2, 0) is 15.0 Å². The number of rotatable bonds is 6. The van der Waals surface area contributed by atoms with Gasteiger partial charge >= 0.3 is 16.2 Å². The number of hydrogen-bond acceptors (Lipinski definition) is 5. The predicted molar refractivity (Wildman–Crippen MR) is 87.8 cm³/mol. The summed E-state index contributed by atoms with van der Waals surface area (Å²) in [7, 11) is -4.24. The highest BCUT2D eigenvalue weighted by molar-refractivity contribution is 7.87. The van der Waals surface area contributed by atoms with Crippen LogP contribution in [0.3, 0.4) is 0 Å². The Morgan fingerprint density at radius 3 is 2.33 bits per heavy atom. The first-order valence-electron chi connectivity index (χ1n) is 6.45. The van der Waals surface area contributed by atoms with Gasteiger partial charge in [0.25, 0.3) is 0 Å². The fourth-order valence-electron chi connectivity index (χ4n) is 2.07. The number of amides is 1. The van der Waals surface area contributed by atoms with Crippen molar-refractivity contribution in [3.8, 4) is 11.1 Å². The van der Waals surface area contributed by atoms with E-state index in [-0.39, 0.29) is 18.0 Å². The summed E-state index contributed by atoms with van der Waals surface area (Å²) in [6, 6.07) is 7.50. The van der Waals surface area contributed by atoms with E-state index in [0.717, 1.165) is 6.20 Å². The highest BCUT2D eigenvalue weighted by Crippen LogP contribution is 2.27. The van der Waals surface area contributed by atoms with E-state index in [1.807, 2.05) is 0 Å². The fraction of sp³-hybridized carbons (Fsp3) is 0.0769. The van der Waals surface area contributed by atoms with Crippen molar-refractivity contribution < 1.29 is 23.1 Å². The van der Waals surface area contributed by atoms with Gasteiger partial charge in [-0.2, -0.15) is 8.42 Å². The van der Waals surface area contributed by atoms with Gasteiger partial charge in [-0.05, 0) is 35.5 Å².